The maximum absolute atomic E-state index is 12.8. The van der Waals surface area contributed by atoms with Crippen molar-refractivity contribution >= 4 is 11.6 Å². The molecule has 1 fully saturated rings. The largest absolute Gasteiger partial charge is 0.451 e. The molecule has 0 atom stereocenters. The molecule has 1 N–H and O–H groups in total. The van der Waals surface area contributed by atoms with Gasteiger partial charge in [0.1, 0.15) is 11.6 Å². The molecule has 8 heteroatoms. The van der Waals surface area contributed by atoms with E-state index in [1.807, 2.05) is 6.07 Å². The van der Waals surface area contributed by atoms with Gasteiger partial charge >= 0.3 is 6.18 Å². The van der Waals surface area contributed by atoms with Crippen molar-refractivity contribution in [3.8, 4) is 6.07 Å². The SMILES string of the molecule is CNc1cc(N(CCC#N)C2CC2)nc(C(F)(F)F)n1. The molecule has 108 valence electrons. The predicted octanol–water partition coefficient (Wildman–Crippen LogP) is 2.42. The van der Waals surface area contributed by atoms with Crippen LogP contribution in [0.4, 0.5) is 24.8 Å². The molecular weight excluding hydrogens is 271 g/mol. The van der Waals surface area contributed by atoms with Gasteiger partial charge in [-0.2, -0.15) is 18.4 Å². The first-order valence-corrected chi connectivity index (χ1v) is 6.23. The van der Waals surface area contributed by atoms with Crippen molar-refractivity contribution in [1.29, 1.82) is 5.26 Å². The summed E-state index contributed by atoms with van der Waals surface area (Å²) in [5, 5.41) is 11.3. The summed E-state index contributed by atoms with van der Waals surface area (Å²) >= 11 is 0. The van der Waals surface area contributed by atoms with Crippen LogP contribution < -0.4 is 10.2 Å². The molecule has 1 heterocycles. The van der Waals surface area contributed by atoms with Gasteiger partial charge in [0.05, 0.1) is 12.5 Å². The molecule has 0 bridgehead atoms. The van der Waals surface area contributed by atoms with Crippen LogP contribution in [0.25, 0.3) is 0 Å². The molecular formula is C12H14F3N5. The second kappa shape index (κ2) is 5.53. The summed E-state index contributed by atoms with van der Waals surface area (Å²) in [6.45, 7) is 0.374. The lowest BCUT2D eigenvalue weighted by Crippen LogP contribution is -2.29. The molecule has 0 amide bonds. The maximum Gasteiger partial charge on any atom is 0.451 e. The Labute approximate surface area is 114 Å². The van der Waals surface area contributed by atoms with Gasteiger partial charge in [-0.3, -0.25) is 0 Å². The Morgan fingerprint density at radius 2 is 2.15 bits per heavy atom. The van der Waals surface area contributed by atoms with Crippen LogP contribution in [0.2, 0.25) is 0 Å². The van der Waals surface area contributed by atoms with Gasteiger partial charge in [0.2, 0.25) is 5.82 Å². The van der Waals surface area contributed by atoms with Crippen molar-refractivity contribution in [2.75, 3.05) is 23.8 Å². The van der Waals surface area contributed by atoms with Gasteiger partial charge in [-0.1, -0.05) is 0 Å². The molecule has 0 saturated heterocycles. The van der Waals surface area contributed by atoms with Crippen molar-refractivity contribution in [3.05, 3.63) is 11.9 Å². The van der Waals surface area contributed by atoms with Gasteiger partial charge in [0.15, 0.2) is 0 Å². The van der Waals surface area contributed by atoms with Crippen molar-refractivity contribution < 1.29 is 13.2 Å². The number of hydrogen-bond donors (Lipinski definition) is 1. The highest BCUT2D eigenvalue weighted by Crippen LogP contribution is 2.34. The van der Waals surface area contributed by atoms with Gasteiger partial charge < -0.3 is 10.2 Å². The molecule has 1 aliphatic carbocycles. The molecule has 0 aromatic carbocycles. The molecule has 2 rings (SSSR count). The lowest BCUT2D eigenvalue weighted by molar-refractivity contribution is -0.144. The van der Waals surface area contributed by atoms with Crippen LogP contribution in [-0.4, -0.2) is 29.6 Å². The van der Waals surface area contributed by atoms with E-state index < -0.39 is 12.0 Å². The molecule has 1 aromatic rings. The Bertz CT molecular complexity index is 519. The van der Waals surface area contributed by atoms with Crippen molar-refractivity contribution in [2.45, 2.75) is 31.5 Å². The normalized spacial score (nSPS) is 14.8. The summed E-state index contributed by atoms with van der Waals surface area (Å²) in [4.78, 5) is 8.79. The monoisotopic (exact) mass is 285 g/mol. The van der Waals surface area contributed by atoms with E-state index in [1.165, 1.54) is 13.1 Å². The fraction of sp³-hybridized carbons (Fsp3) is 0.583. The van der Waals surface area contributed by atoms with Crippen molar-refractivity contribution in [1.82, 2.24) is 9.97 Å². The van der Waals surface area contributed by atoms with Crippen LogP contribution in [0.5, 0.6) is 0 Å². The Hall–Kier alpha value is -2.04. The molecule has 1 aromatic heterocycles. The number of nitrogens with zero attached hydrogens (tertiary/aromatic N) is 4. The summed E-state index contributed by atoms with van der Waals surface area (Å²) < 4.78 is 38.4. The molecule has 20 heavy (non-hydrogen) atoms. The average molecular weight is 285 g/mol. The molecule has 5 nitrogen and oxygen atoms in total. The predicted molar refractivity (Wildman–Crippen MR) is 67.2 cm³/mol. The van der Waals surface area contributed by atoms with Crippen LogP contribution in [0, 0.1) is 11.3 Å². The van der Waals surface area contributed by atoms with Gasteiger partial charge in [-0.15, -0.1) is 0 Å². The van der Waals surface area contributed by atoms with E-state index in [2.05, 4.69) is 15.3 Å². The Kier molecular flexibility index (Phi) is 3.97. The van der Waals surface area contributed by atoms with Crippen LogP contribution in [0.3, 0.4) is 0 Å². The maximum atomic E-state index is 12.8. The Morgan fingerprint density at radius 1 is 1.45 bits per heavy atom. The zero-order valence-electron chi connectivity index (χ0n) is 10.9. The fourth-order valence-electron chi connectivity index (χ4n) is 1.88. The van der Waals surface area contributed by atoms with Crippen LogP contribution in [0.15, 0.2) is 6.07 Å². The summed E-state index contributed by atoms with van der Waals surface area (Å²) in [6.07, 6.45) is -2.53. The molecule has 1 aliphatic rings. The summed E-state index contributed by atoms with van der Waals surface area (Å²) in [7, 11) is 1.50. The number of hydrogen-bond acceptors (Lipinski definition) is 5. The third kappa shape index (κ3) is 3.29. The number of halogens is 3. The number of nitriles is 1. The van der Waals surface area contributed by atoms with Crippen molar-refractivity contribution in [2.24, 2.45) is 0 Å². The van der Waals surface area contributed by atoms with Crippen molar-refractivity contribution in [3.63, 3.8) is 0 Å². The van der Waals surface area contributed by atoms with Crippen LogP contribution in [0.1, 0.15) is 25.1 Å². The second-order valence-electron chi connectivity index (χ2n) is 4.52. The van der Waals surface area contributed by atoms with E-state index in [0.717, 1.165) is 12.8 Å². The molecule has 0 unspecified atom stereocenters. The van der Waals surface area contributed by atoms with Gasteiger partial charge in [0.25, 0.3) is 0 Å². The van der Waals surface area contributed by atoms with Crippen LogP contribution >= 0.6 is 0 Å². The summed E-state index contributed by atoms with van der Waals surface area (Å²) in [6, 6.07) is 3.65. The average Bonchev–Trinajstić information content (AvgIpc) is 3.22. The Balaban J connectivity index is 2.35. The number of anilines is 2. The number of aromatic nitrogens is 2. The van der Waals surface area contributed by atoms with Gasteiger partial charge in [-0.25, -0.2) is 9.97 Å². The van der Waals surface area contributed by atoms with E-state index in [9.17, 15) is 13.2 Å². The standard InChI is InChI=1S/C12H14F3N5/c1-17-9-7-10(19-11(18-9)12(13,14)15)20(6-2-5-16)8-3-4-8/h7-8H,2-4,6H2,1H3,(H,17,18,19). The summed E-state index contributed by atoms with van der Waals surface area (Å²) in [5.74, 6) is -0.832. The molecule has 0 radical (unpaired) electrons. The fourth-order valence-corrected chi connectivity index (χ4v) is 1.88. The van der Waals surface area contributed by atoms with Gasteiger partial charge in [0, 0.05) is 25.7 Å². The minimum absolute atomic E-state index is 0.116. The van der Waals surface area contributed by atoms with E-state index in [4.69, 9.17) is 5.26 Å². The highest BCUT2D eigenvalue weighted by Gasteiger charge is 2.37. The third-order valence-electron chi connectivity index (χ3n) is 2.97. The first-order chi connectivity index (χ1) is 9.45. The molecule has 1 saturated carbocycles. The van der Waals surface area contributed by atoms with E-state index >= 15 is 0 Å². The van der Waals surface area contributed by atoms with Crippen LogP contribution in [-0.2, 0) is 6.18 Å². The lowest BCUT2D eigenvalue weighted by atomic mass is 10.3. The minimum atomic E-state index is -4.59. The first kappa shape index (κ1) is 14.4. The zero-order valence-corrected chi connectivity index (χ0v) is 10.9. The molecule has 0 aliphatic heterocycles. The lowest BCUT2D eigenvalue weighted by Gasteiger charge is -2.23. The zero-order chi connectivity index (χ0) is 14.8. The van der Waals surface area contributed by atoms with E-state index in [0.29, 0.717) is 6.54 Å². The number of alkyl halides is 3. The summed E-state index contributed by atoms with van der Waals surface area (Å²) in [5.41, 5.74) is 0. The van der Waals surface area contributed by atoms with Gasteiger partial charge in [-0.05, 0) is 12.8 Å². The highest BCUT2D eigenvalue weighted by molar-refractivity contribution is 5.51. The Morgan fingerprint density at radius 3 is 2.65 bits per heavy atom. The minimum Gasteiger partial charge on any atom is -0.373 e. The third-order valence-corrected chi connectivity index (χ3v) is 2.97. The topological polar surface area (TPSA) is 64.8 Å². The first-order valence-electron chi connectivity index (χ1n) is 6.23. The number of nitrogens with one attached hydrogen (secondary N) is 1. The second-order valence-corrected chi connectivity index (χ2v) is 4.52. The number of rotatable bonds is 5. The molecule has 0 spiro atoms. The van der Waals surface area contributed by atoms with E-state index in [1.54, 1.807) is 4.90 Å². The highest BCUT2D eigenvalue weighted by atomic mass is 19.4. The van der Waals surface area contributed by atoms with E-state index in [-0.39, 0.29) is 24.1 Å². The quantitative estimate of drug-likeness (QED) is 0.900. The smallest absolute Gasteiger partial charge is 0.373 e.